The van der Waals surface area contributed by atoms with Crippen LogP contribution in [-0.2, 0) is 9.59 Å². The average molecular weight is 229 g/mol. The van der Waals surface area contributed by atoms with E-state index in [1.54, 1.807) is 0 Å². The number of aromatic amines is 1. The molecule has 0 saturated heterocycles. The van der Waals surface area contributed by atoms with Crippen LogP contribution in [-0.4, -0.2) is 16.8 Å². The number of carbonyl (C=O) groups is 2. The third-order valence-electron chi connectivity index (χ3n) is 2.18. The highest BCUT2D eigenvalue weighted by Crippen LogP contribution is 2.14. The van der Waals surface area contributed by atoms with Gasteiger partial charge < -0.3 is 10.7 Å². The molecule has 1 aliphatic rings. The molecule has 0 radical (unpaired) electrons. The van der Waals surface area contributed by atoms with Crippen molar-refractivity contribution in [3.63, 3.8) is 0 Å². The Bertz CT molecular complexity index is 550. The molecular weight excluding hydrogens is 218 g/mol. The van der Waals surface area contributed by atoms with Crippen molar-refractivity contribution in [2.45, 2.75) is 0 Å². The maximum absolute atomic E-state index is 10.0. The van der Waals surface area contributed by atoms with Crippen molar-refractivity contribution >= 4 is 28.5 Å². The second kappa shape index (κ2) is 4.52. The van der Waals surface area contributed by atoms with Gasteiger partial charge in [0.2, 0.25) is 0 Å². The van der Waals surface area contributed by atoms with Gasteiger partial charge in [0.15, 0.2) is 0 Å². The molecule has 1 aliphatic heterocycles. The lowest BCUT2D eigenvalue weighted by Crippen LogP contribution is -2.19. The molecule has 0 saturated carbocycles. The summed E-state index contributed by atoms with van der Waals surface area (Å²) in [6, 6.07) is 9.94. The molecule has 1 aromatic carbocycles. The van der Waals surface area contributed by atoms with Gasteiger partial charge in [0, 0.05) is 23.1 Å². The van der Waals surface area contributed by atoms with Gasteiger partial charge in [-0.3, -0.25) is 14.9 Å². The molecule has 5 nitrogen and oxygen atoms in total. The van der Waals surface area contributed by atoms with E-state index in [-0.39, 0.29) is 11.8 Å². The Kier molecular flexibility index (Phi) is 2.91. The molecule has 5 heteroatoms. The van der Waals surface area contributed by atoms with E-state index in [9.17, 15) is 9.59 Å². The number of imide groups is 1. The Morgan fingerprint density at radius 2 is 1.65 bits per heavy atom. The quantitative estimate of drug-likeness (QED) is 0.587. The third-order valence-corrected chi connectivity index (χ3v) is 2.18. The van der Waals surface area contributed by atoms with Gasteiger partial charge in [-0.05, 0) is 12.1 Å². The summed E-state index contributed by atoms with van der Waals surface area (Å²) in [4.78, 5) is 23.1. The summed E-state index contributed by atoms with van der Waals surface area (Å²) in [7, 11) is 0. The van der Waals surface area contributed by atoms with Crippen LogP contribution >= 0.6 is 0 Å². The number of aromatic nitrogens is 1. The molecule has 0 bridgehead atoms. The zero-order valence-electron chi connectivity index (χ0n) is 8.94. The molecule has 17 heavy (non-hydrogen) atoms. The van der Waals surface area contributed by atoms with E-state index in [2.05, 4.69) is 4.98 Å². The van der Waals surface area contributed by atoms with Gasteiger partial charge in [-0.15, -0.1) is 0 Å². The van der Waals surface area contributed by atoms with Crippen LogP contribution in [0.5, 0.6) is 0 Å². The van der Waals surface area contributed by atoms with E-state index in [0.717, 1.165) is 11.3 Å². The van der Waals surface area contributed by atoms with Gasteiger partial charge in [-0.1, -0.05) is 18.2 Å². The lowest BCUT2D eigenvalue weighted by molar-refractivity contribution is -0.123. The number of amides is 2. The van der Waals surface area contributed by atoms with Crippen molar-refractivity contribution in [1.82, 2.24) is 10.3 Å². The maximum Gasteiger partial charge on any atom is 0.250 e. The Hall–Kier alpha value is -2.56. The van der Waals surface area contributed by atoms with Crippen LogP contribution in [0.15, 0.2) is 42.5 Å². The molecule has 3 rings (SSSR count). The standard InChI is InChI=1S/C8H8N2.C4H3NO2/c9-8-5-6-3-1-2-4-7(6)10-8;6-3-1-2-4(7)5-3/h1-5,10H,9H2;1-2H,(H,5,6,7). The minimum absolute atomic E-state index is 0.329. The number of fused-ring (bicyclic) bond motifs is 1. The van der Waals surface area contributed by atoms with Crippen LogP contribution in [0.4, 0.5) is 5.82 Å². The number of nitrogen functional groups attached to an aromatic ring is 1. The number of hydrogen-bond donors (Lipinski definition) is 3. The fraction of sp³-hybridized carbons (Fsp3) is 0. The summed E-state index contributed by atoms with van der Waals surface area (Å²) in [5, 5.41) is 3.19. The van der Waals surface area contributed by atoms with Gasteiger partial charge >= 0.3 is 0 Å². The summed E-state index contributed by atoms with van der Waals surface area (Å²) < 4.78 is 0. The second-order valence-corrected chi connectivity index (χ2v) is 3.50. The zero-order chi connectivity index (χ0) is 12.3. The number of nitrogens with one attached hydrogen (secondary N) is 2. The molecule has 0 aliphatic carbocycles. The van der Waals surface area contributed by atoms with Crippen LogP contribution < -0.4 is 11.1 Å². The highest BCUT2D eigenvalue weighted by molar-refractivity contribution is 6.12. The fourth-order valence-corrected chi connectivity index (χ4v) is 1.45. The summed E-state index contributed by atoms with van der Waals surface area (Å²) in [5.74, 6) is 0.0659. The Labute approximate surface area is 97.3 Å². The topological polar surface area (TPSA) is 88.0 Å². The van der Waals surface area contributed by atoms with Gasteiger partial charge in [-0.25, -0.2) is 0 Å². The Morgan fingerprint density at radius 1 is 1.00 bits per heavy atom. The molecule has 2 aromatic rings. The minimum Gasteiger partial charge on any atom is -0.385 e. The number of nitrogens with two attached hydrogens (primary N) is 1. The normalized spacial score (nSPS) is 13.4. The third kappa shape index (κ3) is 2.72. The first kappa shape index (κ1) is 10.9. The van der Waals surface area contributed by atoms with Gasteiger partial charge in [0.1, 0.15) is 5.82 Å². The highest BCUT2D eigenvalue weighted by atomic mass is 16.2. The smallest absolute Gasteiger partial charge is 0.250 e. The molecule has 0 fully saturated rings. The molecular formula is C12H11N3O2. The molecule has 0 atom stereocenters. The van der Waals surface area contributed by atoms with Crippen LogP contribution in [0.1, 0.15) is 0 Å². The Morgan fingerprint density at radius 3 is 2.18 bits per heavy atom. The van der Waals surface area contributed by atoms with Crippen molar-refractivity contribution < 1.29 is 9.59 Å². The molecule has 2 amide bonds. The fourth-order valence-electron chi connectivity index (χ4n) is 1.45. The molecule has 86 valence electrons. The SMILES string of the molecule is Nc1cc2ccccc2[nH]1.O=C1C=CC(=O)N1. The molecule has 0 unspecified atom stereocenters. The van der Waals surface area contributed by atoms with Crippen molar-refractivity contribution in [2.24, 2.45) is 0 Å². The van der Waals surface area contributed by atoms with E-state index >= 15 is 0 Å². The van der Waals surface area contributed by atoms with Crippen molar-refractivity contribution in [2.75, 3.05) is 5.73 Å². The summed E-state index contributed by atoms with van der Waals surface area (Å²) in [6.45, 7) is 0. The van der Waals surface area contributed by atoms with E-state index in [1.807, 2.05) is 35.6 Å². The van der Waals surface area contributed by atoms with Crippen molar-refractivity contribution in [3.05, 3.63) is 42.5 Å². The number of benzene rings is 1. The van der Waals surface area contributed by atoms with Crippen molar-refractivity contribution in [3.8, 4) is 0 Å². The molecule has 0 spiro atoms. The number of carbonyl (C=O) groups excluding carboxylic acids is 2. The van der Waals surface area contributed by atoms with E-state index < -0.39 is 0 Å². The van der Waals surface area contributed by atoms with Crippen LogP contribution in [0.25, 0.3) is 10.9 Å². The summed E-state index contributed by atoms with van der Waals surface area (Å²) in [5.41, 5.74) is 6.63. The largest absolute Gasteiger partial charge is 0.385 e. The van der Waals surface area contributed by atoms with Crippen LogP contribution in [0.3, 0.4) is 0 Å². The lowest BCUT2D eigenvalue weighted by atomic mass is 10.3. The minimum atomic E-state index is -0.329. The van der Waals surface area contributed by atoms with Gasteiger partial charge in [-0.2, -0.15) is 0 Å². The lowest BCUT2D eigenvalue weighted by Gasteiger charge is -1.83. The van der Waals surface area contributed by atoms with Crippen LogP contribution in [0.2, 0.25) is 0 Å². The summed E-state index contributed by atoms with van der Waals surface area (Å²) >= 11 is 0. The molecule has 4 N–H and O–H groups in total. The zero-order valence-corrected chi connectivity index (χ0v) is 8.94. The van der Waals surface area contributed by atoms with E-state index in [4.69, 9.17) is 5.73 Å². The first-order valence-corrected chi connectivity index (χ1v) is 5.01. The van der Waals surface area contributed by atoms with E-state index in [1.165, 1.54) is 17.5 Å². The molecule has 1 aromatic heterocycles. The first-order valence-electron chi connectivity index (χ1n) is 5.01. The van der Waals surface area contributed by atoms with Gasteiger partial charge in [0.25, 0.3) is 11.8 Å². The number of para-hydroxylation sites is 1. The first-order chi connectivity index (χ1) is 8.15. The predicted octanol–water partition coefficient (Wildman–Crippen LogP) is 0.949. The maximum atomic E-state index is 10.0. The number of rotatable bonds is 0. The monoisotopic (exact) mass is 229 g/mol. The number of anilines is 1. The Balaban J connectivity index is 0.000000136. The highest BCUT2D eigenvalue weighted by Gasteiger charge is 2.06. The summed E-state index contributed by atoms with van der Waals surface area (Å²) in [6.07, 6.45) is 2.39. The van der Waals surface area contributed by atoms with E-state index in [0.29, 0.717) is 0 Å². The second-order valence-electron chi connectivity index (χ2n) is 3.50. The number of hydrogen-bond acceptors (Lipinski definition) is 3. The number of H-pyrrole nitrogens is 1. The van der Waals surface area contributed by atoms with Crippen molar-refractivity contribution in [1.29, 1.82) is 0 Å². The average Bonchev–Trinajstić information content (AvgIpc) is 2.83. The molecule has 2 heterocycles. The van der Waals surface area contributed by atoms with Crippen LogP contribution in [0, 0.1) is 0 Å². The predicted molar refractivity (Wildman–Crippen MR) is 65.0 cm³/mol. The van der Waals surface area contributed by atoms with Gasteiger partial charge in [0.05, 0.1) is 0 Å².